The van der Waals surface area contributed by atoms with Crippen LogP contribution >= 0.6 is 0 Å². The molecule has 2 heteroatoms. The summed E-state index contributed by atoms with van der Waals surface area (Å²) in [5, 5.41) is 0. The molecule has 0 aliphatic heterocycles. The zero-order valence-electron chi connectivity index (χ0n) is 11.1. The van der Waals surface area contributed by atoms with E-state index in [1.807, 2.05) is 12.1 Å². The Hall–Kier alpha value is -1.02. The molecule has 0 aliphatic carbocycles. The normalized spacial score (nSPS) is 10.5. The van der Waals surface area contributed by atoms with Crippen molar-refractivity contribution in [3.63, 3.8) is 0 Å². The topological polar surface area (TPSA) is 18.5 Å². The fourth-order valence-electron chi connectivity index (χ4n) is 1.72. The molecule has 0 N–H and O–H groups in total. The second-order valence-corrected chi connectivity index (χ2v) is 4.31. The molecule has 0 heterocycles. The van der Waals surface area contributed by atoms with Gasteiger partial charge in [0.05, 0.1) is 13.7 Å². The Labute approximate surface area is 105 Å². The highest BCUT2D eigenvalue weighted by molar-refractivity contribution is 5.26. The number of rotatable bonds is 9. The predicted octanol–water partition coefficient (Wildman–Crippen LogP) is 4.18. The van der Waals surface area contributed by atoms with Gasteiger partial charge in [0.2, 0.25) is 0 Å². The second-order valence-electron chi connectivity index (χ2n) is 4.31. The van der Waals surface area contributed by atoms with Gasteiger partial charge in [-0.25, -0.2) is 0 Å². The molecule has 0 radical (unpaired) electrons. The maximum Gasteiger partial charge on any atom is 0.118 e. The fourth-order valence-corrected chi connectivity index (χ4v) is 1.72. The zero-order chi connectivity index (χ0) is 12.3. The molecule has 0 bridgehead atoms. The second kappa shape index (κ2) is 9.06. The van der Waals surface area contributed by atoms with Crippen LogP contribution in [-0.2, 0) is 11.3 Å². The third-order valence-corrected chi connectivity index (χ3v) is 2.82. The number of benzene rings is 1. The van der Waals surface area contributed by atoms with Crippen LogP contribution in [0.15, 0.2) is 24.3 Å². The minimum absolute atomic E-state index is 0.706. The molecule has 0 fully saturated rings. The summed E-state index contributed by atoms with van der Waals surface area (Å²) in [7, 11) is 1.68. The van der Waals surface area contributed by atoms with Crippen LogP contribution in [0.5, 0.6) is 5.75 Å². The van der Waals surface area contributed by atoms with E-state index in [1.54, 1.807) is 7.11 Å². The molecule has 0 aromatic heterocycles. The van der Waals surface area contributed by atoms with E-state index in [1.165, 1.54) is 37.7 Å². The largest absolute Gasteiger partial charge is 0.497 e. The summed E-state index contributed by atoms with van der Waals surface area (Å²) in [6, 6.07) is 8.05. The average molecular weight is 236 g/mol. The molecule has 0 spiro atoms. The molecule has 2 nitrogen and oxygen atoms in total. The van der Waals surface area contributed by atoms with Crippen LogP contribution in [0.25, 0.3) is 0 Å². The molecule has 1 aromatic carbocycles. The van der Waals surface area contributed by atoms with Crippen LogP contribution < -0.4 is 4.74 Å². The van der Waals surface area contributed by atoms with Crippen molar-refractivity contribution in [3.05, 3.63) is 29.8 Å². The lowest BCUT2D eigenvalue weighted by molar-refractivity contribution is 0.116. The van der Waals surface area contributed by atoms with Gasteiger partial charge in [-0.3, -0.25) is 0 Å². The smallest absolute Gasteiger partial charge is 0.118 e. The van der Waals surface area contributed by atoms with Crippen molar-refractivity contribution < 1.29 is 9.47 Å². The van der Waals surface area contributed by atoms with E-state index in [2.05, 4.69) is 19.1 Å². The summed E-state index contributed by atoms with van der Waals surface area (Å²) >= 11 is 0. The SMILES string of the molecule is CCCCCCCOCc1ccc(OC)cc1. The number of hydrogen-bond acceptors (Lipinski definition) is 2. The molecule has 0 amide bonds. The Morgan fingerprint density at radius 3 is 2.29 bits per heavy atom. The quantitative estimate of drug-likeness (QED) is 0.599. The van der Waals surface area contributed by atoms with Gasteiger partial charge < -0.3 is 9.47 Å². The molecule has 0 aliphatic rings. The lowest BCUT2D eigenvalue weighted by Crippen LogP contribution is -1.95. The third-order valence-electron chi connectivity index (χ3n) is 2.82. The van der Waals surface area contributed by atoms with Crippen molar-refractivity contribution in [2.45, 2.75) is 45.6 Å². The van der Waals surface area contributed by atoms with Crippen molar-refractivity contribution >= 4 is 0 Å². The maximum atomic E-state index is 5.63. The first-order chi connectivity index (χ1) is 8.36. The summed E-state index contributed by atoms with van der Waals surface area (Å²) < 4.78 is 10.7. The van der Waals surface area contributed by atoms with Gasteiger partial charge in [-0.1, -0.05) is 44.7 Å². The average Bonchev–Trinajstić information content (AvgIpc) is 2.38. The highest BCUT2D eigenvalue weighted by Crippen LogP contribution is 2.12. The highest BCUT2D eigenvalue weighted by Gasteiger charge is 1.95. The molecule has 1 rings (SSSR count). The van der Waals surface area contributed by atoms with Crippen LogP contribution in [0.1, 0.15) is 44.6 Å². The Morgan fingerprint density at radius 2 is 1.65 bits per heavy atom. The van der Waals surface area contributed by atoms with Gasteiger partial charge in [-0.15, -0.1) is 0 Å². The van der Waals surface area contributed by atoms with Crippen LogP contribution in [0.4, 0.5) is 0 Å². The lowest BCUT2D eigenvalue weighted by Gasteiger charge is -2.05. The van der Waals surface area contributed by atoms with E-state index >= 15 is 0 Å². The number of unbranched alkanes of at least 4 members (excludes halogenated alkanes) is 4. The molecule has 0 saturated carbocycles. The number of methoxy groups -OCH3 is 1. The summed E-state index contributed by atoms with van der Waals surface area (Å²) in [6.07, 6.45) is 6.44. The van der Waals surface area contributed by atoms with Crippen molar-refractivity contribution in [3.8, 4) is 5.75 Å². The Morgan fingerprint density at radius 1 is 0.941 bits per heavy atom. The van der Waals surface area contributed by atoms with Gasteiger partial charge in [0, 0.05) is 6.61 Å². The van der Waals surface area contributed by atoms with E-state index in [-0.39, 0.29) is 0 Å². The van der Waals surface area contributed by atoms with E-state index in [9.17, 15) is 0 Å². The van der Waals surface area contributed by atoms with E-state index in [0.29, 0.717) is 6.61 Å². The van der Waals surface area contributed by atoms with Crippen LogP contribution in [0.2, 0.25) is 0 Å². The molecule has 96 valence electrons. The third kappa shape index (κ3) is 6.32. The van der Waals surface area contributed by atoms with Gasteiger partial charge in [0.15, 0.2) is 0 Å². The fraction of sp³-hybridized carbons (Fsp3) is 0.600. The van der Waals surface area contributed by atoms with Crippen molar-refractivity contribution in [1.29, 1.82) is 0 Å². The van der Waals surface area contributed by atoms with Crippen molar-refractivity contribution in [2.75, 3.05) is 13.7 Å². The van der Waals surface area contributed by atoms with Crippen LogP contribution in [-0.4, -0.2) is 13.7 Å². The van der Waals surface area contributed by atoms with E-state index in [0.717, 1.165) is 12.4 Å². The number of ether oxygens (including phenoxy) is 2. The Bertz CT molecular complexity index is 279. The number of hydrogen-bond donors (Lipinski definition) is 0. The molecule has 0 unspecified atom stereocenters. The minimum atomic E-state index is 0.706. The minimum Gasteiger partial charge on any atom is -0.497 e. The monoisotopic (exact) mass is 236 g/mol. The molecular weight excluding hydrogens is 212 g/mol. The first kappa shape index (κ1) is 14.0. The van der Waals surface area contributed by atoms with Crippen molar-refractivity contribution in [2.24, 2.45) is 0 Å². The van der Waals surface area contributed by atoms with Crippen LogP contribution in [0.3, 0.4) is 0 Å². The molecule has 17 heavy (non-hydrogen) atoms. The van der Waals surface area contributed by atoms with E-state index < -0.39 is 0 Å². The highest BCUT2D eigenvalue weighted by atomic mass is 16.5. The van der Waals surface area contributed by atoms with Gasteiger partial charge in [0.25, 0.3) is 0 Å². The van der Waals surface area contributed by atoms with Crippen molar-refractivity contribution in [1.82, 2.24) is 0 Å². The summed E-state index contributed by atoms with van der Waals surface area (Å²) in [4.78, 5) is 0. The molecular formula is C15H24O2. The van der Waals surface area contributed by atoms with Gasteiger partial charge in [-0.2, -0.15) is 0 Å². The Kier molecular flexibility index (Phi) is 7.48. The van der Waals surface area contributed by atoms with Gasteiger partial charge in [0.1, 0.15) is 5.75 Å². The van der Waals surface area contributed by atoms with E-state index in [4.69, 9.17) is 9.47 Å². The molecule has 0 atom stereocenters. The lowest BCUT2D eigenvalue weighted by atomic mass is 10.2. The summed E-state index contributed by atoms with van der Waals surface area (Å²) in [5.41, 5.74) is 1.21. The maximum absolute atomic E-state index is 5.63. The first-order valence-electron chi connectivity index (χ1n) is 6.57. The van der Waals surface area contributed by atoms with Gasteiger partial charge >= 0.3 is 0 Å². The zero-order valence-corrected chi connectivity index (χ0v) is 11.1. The molecule has 1 aromatic rings. The Balaban J connectivity index is 2.05. The van der Waals surface area contributed by atoms with Crippen LogP contribution in [0, 0.1) is 0 Å². The predicted molar refractivity (Wildman–Crippen MR) is 71.4 cm³/mol. The summed E-state index contributed by atoms with van der Waals surface area (Å²) in [6.45, 7) is 3.81. The van der Waals surface area contributed by atoms with Gasteiger partial charge in [-0.05, 0) is 24.1 Å². The first-order valence-corrected chi connectivity index (χ1v) is 6.57. The molecule has 0 saturated heterocycles. The summed E-state index contributed by atoms with van der Waals surface area (Å²) in [5.74, 6) is 0.897. The standard InChI is InChI=1S/C15H24O2/c1-3-4-5-6-7-12-17-13-14-8-10-15(16-2)11-9-14/h8-11H,3-7,12-13H2,1-2H3.